The molecule has 1 N–H and O–H groups in total. The number of ketones is 1. The van der Waals surface area contributed by atoms with Crippen molar-refractivity contribution < 1.29 is 4.79 Å². The maximum atomic E-state index is 12.4. The predicted octanol–water partition coefficient (Wildman–Crippen LogP) is 2.15. The van der Waals surface area contributed by atoms with Gasteiger partial charge in [-0.05, 0) is 30.7 Å². The first-order valence-corrected chi connectivity index (χ1v) is 6.57. The Morgan fingerprint density at radius 3 is 2.76 bits per heavy atom. The van der Waals surface area contributed by atoms with Crippen LogP contribution in [0.5, 0.6) is 0 Å². The second-order valence-electron chi connectivity index (χ2n) is 5.58. The van der Waals surface area contributed by atoms with E-state index in [1.54, 1.807) is 0 Å². The third kappa shape index (κ3) is 1.28. The number of rotatable bonds is 1. The Balaban J connectivity index is 1.74. The molecule has 17 heavy (non-hydrogen) atoms. The van der Waals surface area contributed by atoms with E-state index < -0.39 is 0 Å². The summed E-state index contributed by atoms with van der Waals surface area (Å²) in [7, 11) is 0. The molecule has 0 spiro atoms. The number of carbonyl (C=O) groups excluding carboxylic acids is 1. The summed E-state index contributed by atoms with van der Waals surface area (Å²) in [6.45, 7) is 0. The van der Waals surface area contributed by atoms with E-state index in [9.17, 15) is 4.79 Å². The van der Waals surface area contributed by atoms with Crippen molar-refractivity contribution in [1.29, 1.82) is 0 Å². The van der Waals surface area contributed by atoms with Crippen molar-refractivity contribution in [2.24, 2.45) is 17.8 Å². The number of fused-ring (bicyclic) bond motifs is 1. The van der Waals surface area contributed by atoms with E-state index in [-0.39, 0.29) is 5.92 Å². The highest BCUT2D eigenvalue weighted by atomic mass is 16.1. The molecule has 1 aliphatic heterocycles. The van der Waals surface area contributed by atoms with E-state index in [1.807, 2.05) is 6.07 Å². The molecule has 0 amide bonds. The lowest BCUT2D eigenvalue weighted by molar-refractivity contribution is -0.133. The second-order valence-corrected chi connectivity index (χ2v) is 5.58. The fourth-order valence-corrected chi connectivity index (χ4v) is 4.01. The van der Waals surface area contributed by atoms with Crippen LogP contribution in [0.25, 0.3) is 0 Å². The number of hydrogen-bond acceptors (Lipinski definition) is 2. The topological polar surface area (TPSA) is 29.1 Å². The summed E-state index contributed by atoms with van der Waals surface area (Å²) in [6.07, 6.45) is 3.42. The van der Waals surface area contributed by atoms with Gasteiger partial charge in [-0.2, -0.15) is 0 Å². The minimum Gasteiger partial charge on any atom is -0.302 e. The second kappa shape index (κ2) is 3.42. The highest BCUT2D eigenvalue weighted by Crippen LogP contribution is 2.51. The first-order chi connectivity index (χ1) is 8.34. The van der Waals surface area contributed by atoms with Gasteiger partial charge < -0.3 is 5.32 Å². The van der Waals surface area contributed by atoms with Gasteiger partial charge in [0.1, 0.15) is 5.78 Å². The van der Waals surface area contributed by atoms with Crippen LogP contribution in [0.3, 0.4) is 0 Å². The van der Waals surface area contributed by atoms with E-state index in [0.717, 1.165) is 12.8 Å². The zero-order valence-corrected chi connectivity index (χ0v) is 9.73. The van der Waals surface area contributed by atoms with Gasteiger partial charge in [-0.25, -0.2) is 0 Å². The normalized spacial score (nSPS) is 39.9. The van der Waals surface area contributed by atoms with Crippen molar-refractivity contribution in [1.82, 2.24) is 5.32 Å². The molecule has 1 radical (unpaired) electrons. The van der Waals surface area contributed by atoms with Crippen LogP contribution in [0.15, 0.2) is 30.3 Å². The average Bonchev–Trinajstić information content (AvgIpc) is 2.71. The van der Waals surface area contributed by atoms with E-state index in [1.165, 1.54) is 18.0 Å². The standard InChI is InChI=1S/C15H16NO/c17-15-10-6-7-11-12(8-10)16-14(13(11)15)9-4-2-1-3-5-9/h1-5,10-13,16H,6-8H2/t10-,11+,12+,13+/m1/s1. The molecule has 2 nitrogen and oxygen atoms in total. The fraction of sp³-hybridized carbons (Fsp3) is 0.467. The molecule has 0 unspecified atom stereocenters. The zero-order valence-electron chi connectivity index (χ0n) is 9.73. The molecule has 2 heteroatoms. The van der Waals surface area contributed by atoms with Crippen molar-refractivity contribution in [3.63, 3.8) is 0 Å². The van der Waals surface area contributed by atoms with E-state index >= 15 is 0 Å². The van der Waals surface area contributed by atoms with Crippen LogP contribution in [-0.4, -0.2) is 11.8 Å². The molecule has 3 saturated carbocycles. The molecule has 4 aliphatic rings. The molecule has 1 aromatic carbocycles. The lowest BCUT2D eigenvalue weighted by atomic mass is 9.62. The summed E-state index contributed by atoms with van der Waals surface area (Å²) in [6, 6.07) is 12.1. The maximum Gasteiger partial charge on any atom is 0.141 e. The van der Waals surface area contributed by atoms with Crippen molar-refractivity contribution in [2.45, 2.75) is 25.3 Å². The van der Waals surface area contributed by atoms with Gasteiger partial charge >= 0.3 is 0 Å². The van der Waals surface area contributed by atoms with Gasteiger partial charge in [-0.3, -0.25) is 4.79 Å². The summed E-state index contributed by atoms with van der Waals surface area (Å²) in [5.74, 6) is 1.59. The molecular weight excluding hydrogens is 210 g/mol. The fourth-order valence-electron chi connectivity index (χ4n) is 4.01. The summed E-state index contributed by atoms with van der Waals surface area (Å²) in [4.78, 5) is 12.4. The summed E-state index contributed by atoms with van der Waals surface area (Å²) in [5.41, 5.74) is 1.21. The van der Waals surface area contributed by atoms with Crippen molar-refractivity contribution in [3.8, 4) is 0 Å². The minimum atomic E-state index is 0.176. The first-order valence-electron chi connectivity index (χ1n) is 6.57. The number of Topliss-reactive ketones (excluding diaryl/α,β-unsaturated/α-hetero) is 1. The summed E-state index contributed by atoms with van der Waals surface area (Å²) in [5, 5.41) is 3.63. The summed E-state index contributed by atoms with van der Waals surface area (Å²) < 4.78 is 0. The minimum absolute atomic E-state index is 0.176. The Morgan fingerprint density at radius 1 is 1.12 bits per heavy atom. The van der Waals surface area contributed by atoms with Crippen LogP contribution in [0.1, 0.15) is 24.8 Å². The van der Waals surface area contributed by atoms with Crippen LogP contribution in [-0.2, 0) is 4.79 Å². The van der Waals surface area contributed by atoms with Crippen LogP contribution in [0.4, 0.5) is 0 Å². The van der Waals surface area contributed by atoms with Gasteiger partial charge in [-0.1, -0.05) is 30.3 Å². The molecule has 4 atom stereocenters. The van der Waals surface area contributed by atoms with Crippen LogP contribution < -0.4 is 5.32 Å². The molecule has 4 fully saturated rings. The quantitative estimate of drug-likeness (QED) is 0.795. The lowest BCUT2D eigenvalue weighted by Gasteiger charge is -2.40. The number of nitrogens with one attached hydrogen (secondary N) is 1. The van der Waals surface area contributed by atoms with Gasteiger partial charge in [0.2, 0.25) is 0 Å². The molecule has 5 rings (SSSR count). The van der Waals surface area contributed by atoms with Crippen LogP contribution in [0, 0.1) is 23.8 Å². The molecule has 4 bridgehead atoms. The van der Waals surface area contributed by atoms with E-state index in [2.05, 4.69) is 29.6 Å². The Kier molecular flexibility index (Phi) is 1.98. The Hall–Kier alpha value is -1.15. The molecular formula is C15H16NO. The largest absolute Gasteiger partial charge is 0.302 e. The Morgan fingerprint density at radius 2 is 1.94 bits per heavy atom. The molecule has 87 valence electrons. The van der Waals surface area contributed by atoms with Crippen LogP contribution >= 0.6 is 0 Å². The molecule has 1 saturated heterocycles. The van der Waals surface area contributed by atoms with Gasteiger partial charge in [0.05, 0.1) is 6.04 Å². The van der Waals surface area contributed by atoms with Crippen molar-refractivity contribution >= 4 is 5.78 Å². The van der Waals surface area contributed by atoms with Crippen molar-refractivity contribution in [3.05, 3.63) is 41.9 Å². The van der Waals surface area contributed by atoms with Crippen LogP contribution in [0.2, 0.25) is 0 Å². The molecule has 0 aromatic heterocycles. The van der Waals surface area contributed by atoms with Gasteiger partial charge in [0, 0.05) is 17.9 Å². The first kappa shape index (κ1) is 9.84. The third-order valence-corrected chi connectivity index (χ3v) is 4.78. The monoisotopic (exact) mass is 226 g/mol. The van der Waals surface area contributed by atoms with Gasteiger partial charge in [0.25, 0.3) is 0 Å². The number of carbonyl (C=O) groups is 1. The lowest BCUT2D eigenvalue weighted by Crippen LogP contribution is -2.44. The van der Waals surface area contributed by atoms with E-state index in [4.69, 9.17) is 0 Å². The van der Waals surface area contributed by atoms with Gasteiger partial charge in [-0.15, -0.1) is 0 Å². The number of benzene rings is 1. The summed E-state index contributed by atoms with van der Waals surface area (Å²) >= 11 is 0. The highest BCUT2D eigenvalue weighted by Gasteiger charge is 2.56. The maximum absolute atomic E-state index is 12.4. The Labute approximate surface area is 101 Å². The predicted molar refractivity (Wildman–Crippen MR) is 65.0 cm³/mol. The molecule has 1 aromatic rings. The Bertz CT molecular complexity index is 455. The molecule has 3 aliphatic carbocycles. The zero-order chi connectivity index (χ0) is 11.4. The average molecular weight is 226 g/mol. The highest BCUT2D eigenvalue weighted by molar-refractivity contribution is 5.89. The molecule has 1 heterocycles. The van der Waals surface area contributed by atoms with Gasteiger partial charge in [0.15, 0.2) is 0 Å². The smallest absolute Gasteiger partial charge is 0.141 e. The third-order valence-electron chi connectivity index (χ3n) is 4.78. The number of hydrogen-bond donors (Lipinski definition) is 1. The van der Waals surface area contributed by atoms with E-state index in [0.29, 0.717) is 23.7 Å². The SMILES string of the molecule is O=C1[C@@H]2CC[C@H]3[C@H](C2)N[C](c2ccccc2)[C@@H]13. The van der Waals surface area contributed by atoms with Crippen molar-refractivity contribution in [2.75, 3.05) is 0 Å².